The van der Waals surface area contributed by atoms with Gasteiger partial charge in [0.15, 0.2) is 11.6 Å². The van der Waals surface area contributed by atoms with E-state index in [1.807, 2.05) is 0 Å². The topological polar surface area (TPSA) is 109 Å². The Morgan fingerprint density at radius 2 is 1.17 bits per heavy atom. The van der Waals surface area contributed by atoms with Crippen LogP contribution in [0.2, 0.25) is 0 Å². The molecule has 1 aliphatic carbocycles. The molecular weight excluding hydrogens is 300 g/mol. The molecule has 0 spiro atoms. The fourth-order valence-electron chi connectivity index (χ4n) is 2.66. The van der Waals surface area contributed by atoms with Crippen LogP contribution in [0.3, 0.4) is 0 Å². The average Bonchev–Trinajstić information content (AvgIpc) is 2.51. The largest absolute Gasteiger partial charge is 0.478 e. The van der Waals surface area contributed by atoms with Crippen LogP contribution in [0, 0.1) is 6.92 Å². The molecule has 0 radical (unpaired) electrons. The Bertz CT molecular complexity index is 923. The van der Waals surface area contributed by atoms with E-state index in [-0.39, 0.29) is 22.3 Å². The SMILES string of the molecule is Cc1ccc2c(c1)C(=O)c1cc(C(=O)O)c(C(=O)O)cc1C2=O. The fourth-order valence-corrected chi connectivity index (χ4v) is 2.66. The molecule has 2 aromatic rings. The molecule has 6 nitrogen and oxygen atoms in total. The van der Waals surface area contributed by atoms with Crippen molar-refractivity contribution in [3.05, 3.63) is 69.3 Å². The number of hydrogen-bond acceptors (Lipinski definition) is 4. The summed E-state index contributed by atoms with van der Waals surface area (Å²) in [4.78, 5) is 47.6. The van der Waals surface area contributed by atoms with E-state index >= 15 is 0 Å². The van der Waals surface area contributed by atoms with Gasteiger partial charge in [0.1, 0.15) is 0 Å². The molecule has 0 fully saturated rings. The third-order valence-electron chi connectivity index (χ3n) is 3.77. The summed E-state index contributed by atoms with van der Waals surface area (Å²) >= 11 is 0. The fraction of sp³-hybridized carbons (Fsp3) is 0.0588. The summed E-state index contributed by atoms with van der Waals surface area (Å²) in [6.45, 7) is 1.77. The molecule has 6 heteroatoms. The van der Waals surface area contributed by atoms with Crippen molar-refractivity contribution in [2.75, 3.05) is 0 Å². The van der Waals surface area contributed by atoms with Gasteiger partial charge in [-0.25, -0.2) is 9.59 Å². The van der Waals surface area contributed by atoms with Crippen molar-refractivity contribution < 1.29 is 29.4 Å². The second-order valence-electron chi connectivity index (χ2n) is 5.26. The number of fused-ring (bicyclic) bond motifs is 2. The molecule has 0 unspecified atom stereocenters. The minimum Gasteiger partial charge on any atom is -0.478 e. The second kappa shape index (κ2) is 4.88. The number of benzene rings is 2. The lowest BCUT2D eigenvalue weighted by Crippen LogP contribution is -2.23. The number of hydrogen-bond donors (Lipinski definition) is 2. The molecule has 0 aliphatic heterocycles. The van der Waals surface area contributed by atoms with Gasteiger partial charge in [0.2, 0.25) is 0 Å². The molecule has 0 atom stereocenters. The van der Waals surface area contributed by atoms with Crippen LogP contribution in [0.1, 0.15) is 58.1 Å². The number of carboxylic acids is 2. The third-order valence-corrected chi connectivity index (χ3v) is 3.77. The van der Waals surface area contributed by atoms with Gasteiger partial charge in [0, 0.05) is 22.3 Å². The standard InChI is InChI=1S/C17H10O6/c1-7-2-3-8-9(4-7)15(19)11-6-13(17(22)23)12(16(20)21)5-10(11)14(8)18/h2-6H,1H3,(H,20,21)(H,22,23). The minimum absolute atomic E-state index is 0.0875. The maximum Gasteiger partial charge on any atom is 0.336 e. The number of aryl methyl sites for hydroxylation is 1. The van der Waals surface area contributed by atoms with E-state index in [9.17, 15) is 19.2 Å². The average molecular weight is 310 g/mol. The number of carbonyl (C=O) groups excluding carboxylic acids is 2. The number of ketones is 2. The van der Waals surface area contributed by atoms with Crippen molar-refractivity contribution in [2.45, 2.75) is 6.92 Å². The Labute approximate surface area is 130 Å². The zero-order valence-electron chi connectivity index (χ0n) is 11.9. The Balaban J connectivity index is 2.33. The highest BCUT2D eigenvalue weighted by Gasteiger charge is 2.32. The van der Waals surface area contributed by atoms with E-state index in [0.717, 1.165) is 17.7 Å². The van der Waals surface area contributed by atoms with Crippen molar-refractivity contribution in [2.24, 2.45) is 0 Å². The van der Waals surface area contributed by atoms with Gasteiger partial charge in [-0.05, 0) is 25.1 Å². The van der Waals surface area contributed by atoms with Crippen LogP contribution < -0.4 is 0 Å². The van der Waals surface area contributed by atoms with E-state index in [2.05, 4.69) is 0 Å². The number of rotatable bonds is 2. The Kier molecular flexibility index (Phi) is 3.11. The lowest BCUT2D eigenvalue weighted by Gasteiger charge is -2.19. The van der Waals surface area contributed by atoms with E-state index in [1.54, 1.807) is 19.1 Å². The van der Waals surface area contributed by atoms with Crippen LogP contribution in [0.25, 0.3) is 0 Å². The van der Waals surface area contributed by atoms with E-state index in [1.165, 1.54) is 6.07 Å². The lowest BCUT2D eigenvalue weighted by atomic mass is 9.81. The molecule has 23 heavy (non-hydrogen) atoms. The molecule has 3 rings (SSSR count). The third kappa shape index (κ3) is 2.12. The minimum atomic E-state index is -1.47. The number of carboxylic acid groups (broad SMARTS) is 2. The maximum atomic E-state index is 12.6. The predicted octanol–water partition coefficient (Wildman–Crippen LogP) is 2.17. The van der Waals surface area contributed by atoms with Gasteiger partial charge in [-0.1, -0.05) is 17.7 Å². The Morgan fingerprint density at radius 1 is 0.739 bits per heavy atom. The summed E-state index contributed by atoms with van der Waals surface area (Å²) in [6.07, 6.45) is 0. The van der Waals surface area contributed by atoms with Crippen LogP contribution in [0.5, 0.6) is 0 Å². The quantitative estimate of drug-likeness (QED) is 0.751. The molecule has 114 valence electrons. The molecular formula is C17H10O6. The van der Waals surface area contributed by atoms with E-state index in [0.29, 0.717) is 0 Å². The summed E-state index contributed by atoms with van der Waals surface area (Å²) < 4.78 is 0. The first kappa shape index (κ1) is 14.6. The zero-order chi connectivity index (χ0) is 16.9. The molecule has 2 aromatic carbocycles. The normalized spacial score (nSPS) is 12.6. The van der Waals surface area contributed by atoms with Crippen molar-refractivity contribution in [1.82, 2.24) is 0 Å². The lowest BCUT2D eigenvalue weighted by molar-refractivity contribution is 0.0651. The van der Waals surface area contributed by atoms with Crippen LogP contribution in [0.4, 0.5) is 0 Å². The van der Waals surface area contributed by atoms with Gasteiger partial charge in [-0.2, -0.15) is 0 Å². The van der Waals surface area contributed by atoms with Gasteiger partial charge in [-0.15, -0.1) is 0 Å². The molecule has 2 N–H and O–H groups in total. The van der Waals surface area contributed by atoms with Crippen molar-refractivity contribution in [3.8, 4) is 0 Å². The predicted molar refractivity (Wildman–Crippen MR) is 78.4 cm³/mol. The monoisotopic (exact) mass is 310 g/mol. The first-order chi connectivity index (χ1) is 10.8. The van der Waals surface area contributed by atoms with Crippen LogP contribution in [0.15, 0.2) is 30.3 Å². The van der Waals surface area contributed by atoms with Gasteiger partial charge in [0.05, 0.1) is 11.1 Å². The van der Waals surface area contributed by atoms with E-state index < -0.39 is 34.6 Å². The summed E-state index contributed by atoms with van der Waals surface area (Å²) in [5.74, 6) is -3.92. The van der Waals surface area contributed by atoms with Crippen molar-refractivity contribution in [1.29, 1.82) is 0 Å². The number of carbonyl (C=O) groups is 4. The van der Waals surface area contributed by atoms with Crippen molar-refractivity contribution >= 4 is 23.5 Å². The maximum absolute atomic E-state index is 12.6. The van der Waals surface area contributed by atoms with Gasteiger partial charge in [-0.3, -0.25) is 9.59 Å². The van der Waals surface area contributed by atoms with E-state index in [4.69, 9.17) is 10.2 Å². The second-order valence-corrected chi connectivity index (χ2v) is 5.26. The van der Waals surface area contributed by atoms with Gasteiger partial charge in [0.25, 0.3) is 0 Å². The van der Waals surface area contributed by atoms with Crippen LogP contribution >= 0.6 is 0 Å². The highest BCUT2D eigenvalue weighted by Crippen LogP contribution is 2.30. The molecule has 0 saturated heterocycles. The Hall–Kier alpha value is -3.28. The van der Waals surface area contributed by atoms with Crippen LogP contribution in [-0.4, -0.2) is 33.7 Å². The van der Waals surface area contributed by atoms with Gasteiger partial charge < -0.3 is 10.2 Å². The summed E-state index contributed by atoms with van der Waals surface area (Å²) in [5.41, 5.74) is -0.0471. The van der Waals surface area contributed by atoms with Crippen LogP contribution in [-0.2, 0) is 0 Å². The first-order valence-electron chi connectivity index (χ1n) is 6.66. The molecule has 1 aliphatic rings. The summed E-state index contributed by atoms with van der Waals surface area (Å²) in [6, 6.07) is 6.68. The molecule has 0 bridgehead atoms. The number of aromatic carboxylic acids is 2. The molecule has 0 saturated carbocycles. The highest BCUT2D eigenvalue weighted by molar-refractivity contribution is 6.29. The summed E-state index contributed by atoms with van der Waals surface area (Å²) in [5, 5.41) is 18.3. The van der Waals surface area contributed by atoms with Crippen molar-refractivity contribution in [3.63, 3.8) is 0 Å². The smallest absolute Gasteiger partial charge is 0.336 e. The highest BCUT2D eigenvalue weighted by atomic mass is 16.4. The van der Waals surface area contributed by atoms with Gasteiger partial charge >= 0.3 is 11.9 Å². The first-order valence-corrected chi connectivity index (χ1v) is 6.66. The zero-order valence-corrected chi connectivity index (χ0v) is 11.9. The summed E-state index contributed by atoms with van der Waals surface area (Å²) in [7, 11) is 0. The Morgan fingerprint density at radius 3 is 1.65 bits per heavy atom. The molecule has 0 heterocycles. The molecule has 0 aromatic heterocycles. The molecule has 0 amide bonds.